The van der Waals surface area contributed by atoms with E-state index in [9.17, 15) is 31.9 Å². The van der Waals surface area contributed by atoms with E-state index in [0.29, 0.717) is 28.3 Å². The van der Waals surface area contributed by atoms with Crippen molar-refractivity contribution in [3.63, 3.8) is 0 Å². The summed E-state index contributed by atoms with van der Waals surface area (Å²) in [6.07, 6.45) is -1.84. The van der Waals surface area contributed by atoms with Gasteiger partial charge < -0.3 is 15.4 Å². The number of nitrogens with one attached hydrogen (secondary N) is 2. The van der Waals surface area contributed by atoms with Crippen LogP contribution in [0.4, 0.5) is 23.4 Å². The molecule has 2 heterocycles. The fourth-order valence-corrected chi connectivity index (χ4v) is 5.54. The highest BCUT2D eigenvalue weighted by Crippen LogP contribution is 2.43. The SMILES string of the molecule is CCN1C(=O)[C@@H](NC(=O)c2cccc(C(F)(F)F)c2)[C@@H](c2ccc(F)cc2)c2c(CNC/C=C/C(=O)OC)nn(-c3ccccc3)c21. The molecule has 1 aromatic heterocycles. The highest BCUT2D eigenvalue weighted by atomic mass is 19.4. The van der Waals surface area contributed by atoms with Crippen molar-refractivity contribution in [2.75, 3.05) is 25.1 Å². The Morgan fingerprint density at radius 3 is 2.40 bits per heavy atom. The number of alkyl halides is 3. The highest BCUT2D eigenvalue weighted by molar-refractivity contribution is 6.05. The third-order valence-electron chi connectivity index (χ3n) is 7.70. The average molecular weight is 650 g/mol. The zero-order valence-corrected chi connectivity index (χ0v) is 25.4. The van der Waals surface area contributed by atoms with Crippen LogP contribution in [0.25, 0.3) is 5.69 Å². The van der Waals surface area contributed by atoms with E-state index in [1.165, 1.54) is 48.4 Å². The number of anilines is 1. The Labute approximate surface area is 267 Å². The number of methoxy groups -OCH3 is 1. The minimum Gasteiger partial charge on any atom is -0.466 e. The number of likely N-dealkylation sites (N-methyl/N-ethyl adjacent to an activating group) is 1. The number of carbonyl (C=O) groups excluding carboxylic acids is 3. The molecule has 0 radical (unpaired) electrons. The second-order valence-electron chi connectivity index (χ2n) is 10.6. The predicted molar refractivity (Wildman–Crippen MR) is 165 cm³/mol. The van der Waals surface area contributed by atoms with Gasteiger partial charge in [0, 0.05) is 42.8 Å². The summed E-state index contributed by atoms with van der Waals surface area (Å²) in [7, 11) is 1.27. The monoisotopic (exact) mass is 649 g/mol. The van der Waals surface area contributed by atoms with Crippen LogP contribution in [0, 0.1) is 5.82 Å². The third-order valence-corrected chi connectivity index (χ3v) is 7.70. The van der Waals surface area contributed by atoms with Gasteiger partial charge in [0.25, 0.3) is 11.8 Å². The van der Waals surface area contributed by atoms with Gasteiger partial charge in [0.05, 0.1) is 24.1 Å². The number of ether oxygens (including phenoxy) is 1. The molecule has 0 unspecified atom stereocenters. The zero-order valence-electron chi connectivity index (χ0n) is 25.4. The van der Waals surface area contributed by atoms with Crippen LogP contribution in [-0.2, 0) is 27.0 Å². The molecule has 0 saturated carbocycles. The Hall–Kier alpha value is -5.30. The molecule has 1 aliphatic heterocycles. The number of benzene rings is 3. The predicted octanol–water partition coefficient (Wildman–Crippen LogP) is 5.15. The lowest BCUT2D eigenvalue weighted by Gasteiger charge is -2.38. The average Bonchev–Trinajstić information content (AvgIpc) is 3.44. The molecule has 2 atom stereocenters. The molecular formula is C34H31F4N5O4. The molecule has 3 aromatic carbocycles. The molecule has 0 aliphatic carbocycles. The van der Waals surface area contributed by atoms with Gasteiger partial charge in [-0.15, -0.1) is 0 Å². The molecule has 244 valence electrons. The molecule has 0 saturated heterocycles. The van der Waals surface area contributed by atoms with E-state index in [4.69, 9.17) is 5.10 Å². The molecule has 9 nitrogen and oxygen atoms in total. The van der Waals surface area contributed by atoms with E-state index in [1.807, 2.05) is 30.3 Å². The van der Waals surface area contributed by atoms with E-state index in [0.717, 1.165) is 18.2 Å². The van der Waals surface area contributed by atoms with Crippen LogP contribution in [0.1, 0.15) is 45.6 Å². The minimum atomic E-state index is -4.68. The first kappa shape index (κ1) is 33.1. The molecule has 13 heteroatoms. The van der Waals surface area contributed by atoms with Crippen molar-refractivity contribution in [3.8, 4) is 5.69 Å². The maximum Gasteiger partial charge on any atom is 0.416 e. The summed E-state index contributed by atoms with van der Waals surface area (Å²) in [5, 5.41) is 10.8. The van der Waals surface area contributed by atoms with Crippen molar-refractivity contribution in [2.45, 2.75) is 31.6 Å². The molecule has 47 heavy (non-hydrogen) atoms. The first-order valence-electron chi connectivity index (χ1n) is 14.7. The Morgan fingerprint density at radius 2 is 1.74 bits per heavy atom. The number of halogens is 4. The van der Waals surface area contributed by atoms with Gasteiger partial charge in [-0.25, -0.2) is 13.9 Å². The molecule has 0 fully saturated rings. The highest BCUT2D eigenvalue weighted by Gasteiger charge is 2.46. The number of nitrogens with zero attached hydrogens (tertiary/aromatic N) is 3. The van der Waals surface area contributed by atoms with Crippen LogP contribution in [0.5, 0.6) is 0 Å². The second kappa shape index (κ2) is 14.0. The summed E-state index contributed by atoms with van der Waals surface area (Å²) >= 11 is 0. The normalized spacial score (nSPS) is 16.3. The van der Waals surface area contributed by atoms with E-state index in [-0.39, 0.29) is 25.2 Å². The first-order valence-corrected chi connectivity index (χ1v) is 14.7. The maximum absolute atomic E-state index is 14.3. The molecule has 1 aliphatic rings. The fraction of sp³-hybridized carbons (Fsp3) is 0.235. The molecule has 0 spiro atoms. The van der Waals surface area contributed by atoms with Gasteiger partial charge in [0.1, 0.15) is 17.7 Å². The number of fused-ring (bicyclic) bond motifs is 1. The van der Waals surface area contributed by atoms with Gasteiger partial charge in [-0.05, 0) is 55.0 Å². The number of para-hydroxylation sites is 1. The maximum atomic E-state index is 14.3. The summed E-state index contributed by atoms with van der Waals surface area (Å²) < 4.78 is 60.8. The quantitative estimate of drug-likeness (QED) is 0.107. The van der Waals surface area contributed by atoms with Crippen molar-refractivity contribution in [1.29, 1.82) is 0 Å². The van der Waals surface area contributed by atoms with Crippen LogP contribution < -0.4 is 15.5 Å². The van der Waals surface area contributed by atoms with Crippen LogP contribution in [0.15, 0.2) is 91.0 Å². The molecule has 2 amide bonds. The largest absolute Gasteiger partial charge is 0.466 e. The van der Waals surface area contributed by atoms with Gasteiger partial charge >= 0.3 is 12.1 Å². The third kappa shape index (κ3) is 7.09. The lowest BCUT2D eigenvalue weighted by Crippen LogP contribution is -2.55. The van der Waals surface area contributed by atoms with Crippen molar-refractivity contribution in [3.05, 3.63) is 125 Å². The van der Waals surface area contributed by atoms with Gasteiger partial charge in [-0.3, -0.25) is 14.5 Å². The van der Waals surface area contributed by atoms with Crippen LogP contribution in [0.2, 0.25) is 0 Å². The summed E-state index contributed by atoms with van der Waals surface area (Å²) in [5.41, 5.74) is 0.890. The smallest absolute Gasteiger partial charge is 0.416 e. The molecule has 5 rings (SSSR count). The first-order chi connectivity index (χ1) is 22.5. The van der Waals surface area contributed by atoms with Crippen molar-refractivity contribution >= 4 is 23.6 Å². The number of aromatic nitrogens is 2. The van der Waals surface area contributed by atoms with Crippen molar-refractivity contribution in [1.82, 2.24) is 20.4 Å². The van der Waals surface area contributed by atoms with Crippen LogP contribution >= 0.6 is 0 Å². The van der Waals surface area contributed by atoms with Gasteiger partial charge in [-0.2, -0.15) is 18.3 Å². The van der Waals surface area contributed by atoms with E-state index in [2.05, 4.69) is 15.4 Å². The Kier molecular flexibility index (Phi) is 9.85. The van der Waals surface area contributed by atoms with Gasteiger partial charge in [0.15, 0.2) is 0 Å². The number of amides is 2. The Bertz CT molecular complexity index is 1790. The Morgan fingerprint density at radius 1 is 1.02 bits per heavy atom. The molecule has 0 bridgehead atoms. The fourth-order valence-electron chi connectivity index (χ4n) is 5.54. The van der Waals surface area contributed by atoms with Gasteiger partial charge in [-0.1, -0.05) is 42.5 Å². The number of hydrogen-bond acceptors (Lipinski definition) is 6. The van der Waals surface area contributed by atoms with E-state index >= 15 is 0 Å². The zero-order chi connectivity index (χ0) is 33.7. The van der Waals surface area contributed by atoms with E-state index < -0.39 is 47.3 Å². The summed E-state index contributed by atoms with van der Waals surface area (Å²) in [5.74, 6) is -2.92. The lowest BCUT2D eigenvalue weighted by atomic mass is 9.80. The number of carbonyl (C=O) groups is 3. The van der Waals surface area contributed by atoms with Crippen molar-refractivity contribution < 1.29 is 36.7 Å². The van der Waals surface area contributed by atoms with Crippen LogP contribution in [0.3, 0.4) is 0 Å². The van der Waals surface area contributed by atoms with Crippen molar-refractivity contribution in [2.24, 2.45) is 0 Å². The number of esters is 1. The Balaban J connectivity index is 1.64. The number of rotatable bonds is 10. The standard InChI is InChI=1S/C34H31F4N5O4/c1-3-42-32-29(26(20-39-18-8-13-27(44)47-2)41-43(32)25-11-5-4-6-12-25)28(21-14-16-24(35)17-15-21)30(33(42)46)40-31(45)22-9-7-10-23(19-22)34(36,37)38/h4-17,19,28,30,39H,3,18,20H2,1-2H3,(H,40,45)/b13-8+/t28-,30-/m0/s1. The number of hydrogen-bond donors (Lipinski definition) is 2. The topological polar surface area (TPSA) is 106 Å². The minimum absolute atomic E-state index is 0.158. The van der Waals surface area contributed by atoms with Gasteiger partial charge in [0.2, 0.25) is 0 Å². The summed E-state index contributed by atoms with van der Waals surface area (Å²) in [6.45, 7) is 2.34. The lowest BCUT2D eigenvalue weighted by molar-refractivity contribution is -0.137. The molecule has 4 aromatic rings. The van der Waals surface area contributed by atoms with E-state index in [1.54, 1.807) is 17.7 Å². The van der Waals surface area contributed by atoms with Crippen LogP contribution in [-0.4, -0.2) is 53.8 Å². The molecular weight excluding hydrogens is 618 g/mol. The second-order valence-corrected chi connectivity index (χ2v) is 10.6. The molecule has 2 N–H and O–H groups in total. The summed E-state index contributed by atoms with van der Waals surface area (Å²) in [4.78, 5) is 40.8. The summed E-state index contributed by atoms with van der Waals surface area (Å²) in [6, 6.07) is 17.2.